The van der Waals surface area contributed by atoms with E-state index in [9.17, 15) is 0 Å². The Hall–Kier alpha value is -8.16. The molecule has 292 valence electrons. The van der Waals surface area contributed by atoms with Crippen LogP contribution in [0.5, 0.6) is 0 Å². The van der Waals surface area contributed by atoms with E-state index in [0.717, 1.165) is 66.1 Å². The first-order chi connectivity index (χ1) is 30.5. The van der Waals surface area contributed by atoms with Crippen LogP contribution in [0.4, 0.5) is 0 Å². The van der Waals surface area contributed by atoms with E-state index in [4.69, 9.17) is 24.4 Å². The minimum Gasteiger partial charge on any atom is -0.435 e. The molecule has 0 saturated heterocycles. The molecule has 13 rings (SSSR count). The van der Waals surface area contributed by atoms with Gasteiger partial charge in [0, 0.05) is 43.8 Å². The normalized spacial score (nSPS) is 13.1. The van der Waals surface area contributed by atoms with Gasteiger partial charge in [-0.3, -0.25) is 4.57 Å². The highest BCUT2D eigenvalue weighted by Gasteiger charge is 2.36. The number of hydrogen-bond acceptors (Lipinski definition) is 5. The predicted molar refractivity (Wildman–Crippen MR) is 250 cm³/mol. The lowest BCUT2D eigenvalue weighted by atomic mass is 9.82. The number of oxazole rings is 1. The smallest absolute Gasteiger partial charge is 0.238 e. The van der Waals surface area contributed by atoms with Gasteiger partial charge in [0.1, 0.15) is 5.52 Å². The first-order valence-electron chi connectivity index (χ1n) is 21.0. The summed E-state index contributed by atoms with van der Waals surface area (Å²) < 4.78 is 11.2. The molecule has 7 heteroatoms. The molecular weight excluding hydrogens is 761 g/mol. The average Bonchev–Trinajstić information content (AvgIpc) is 4.07. The number of hydrogen-bond donors (Lipinski definition) is 0. The van der Waals surface area contributed by atoms with E-state index < -0.39 is 0 Å². The Morgan fingerprint density at radius 1 is 0.435 bits per heavy atom. The summed E-state index contributed by atoms with van der Waals surface area (Å²) in [5.74, 6) is 2.11. The fourth-order valence-corrected chi connectivity index (χ4v) is 9.94. The molecule has 0 amide bonds. The second-order valence-electron chi connectivity index (χ2n) is 16.7. The maximum absolute atomic E-state index is 6.56. The van der Waals surface area contributed by atoms with Gasteiger partial charge < -0.3 is 8.98 Å². The van der Waals surface area contributed by atoms with Crippen molar-refractivity contribution < 1.29 is 4.42 Å². The number of para-hydroxylation sites is 3. The number of nitrogens with zero attached hydrogens (tertiary/aromatic N) is 6. The van der Waals surface area contributed by atoms with Gasteiger partial charge in [0.15, 0.2) is 17.2 Å². The van der Waals surface area contributed by atoms with Crippen molar-refractivity contribution in [2.24, 2.45) is 0 Å². The van der Waals surface area contributed by atoms with Gasteiger partial charge >= 0.3 is 0 Å². The summed E-state index contributed by atoms with van der Waals surface area (Å²) in [6, 6.07) is 63.7. The molecular formula is C55H36N6O. The molecule has 8 aromatic carbocycles. The van der Waals surface area contributed by atoms with Gasteiger partial charge in [-0.15, -0.1) is 0 Å². The number of benzene rings is 8. The summed E-state index contributed by atoms with van der Waals surface area (Å²) in [6.45, 7) is 4.68. The SMILES string of the molecule is CC1(C)c2ccccc2-c2ccc(-n3c4ccccc4c4ccc5c6ccccc6n(-c6nc(-c7ccccc7)nc(-c7cccc8nc(-c9ccccc9)oc78)n6)c5c43)cc21. The molecule has 12 aromatic rings. The molecule has 4 heterocycles. The molecule has 0 aliphatic heterocycles. The second-order valence-corrected chi connectivity index (χ2v) is 16.7. The molecule has 0 fully saturated rings. The molecule has 4 aromatic heterocycles. The Kier molecular flexibility index (Phi) is 7.23. The average molecular weight is 797 g/mol. The fraction of sp³-hybridized carbons (Fsp3) is 0.0545. The van der Waals surface area contributed by atoms with Crippen LogP contribution < -0.4 is 0 Å². The Morgan fingerprint density at radius 2 is 1.03 bits per heavy atom. The van der Waals surface area contributed by atoms with Crippen LogP contribution in [0.15, 0.2) is 186 Å². The largest absolute Gasteiger partial charge is 0.435 e. The van der Waals surface area contributed by atoms with E-state index in [1.54, 1.807) is 0 Å². The number of fused-ring (bicyclic) bond motifs is 11. The lowest BCUT2D eigenvalue weighted by Gasteiger charge is -2.22. The minimum absolute atomic E-state index is 0.158. The van der Waals surface area contributed by atoms with Crippen molar-refractivity contribution in [3.8, 4) is 57.0 Å². The van der Waals surface area contributed by atoms with Gasteiger partial charge in [-0.1, -0.05) is 147 Å². The predicted octanol–water partition coefficient (Wildman–Crippen LogP) is 13.5. The first-order valence-corrected chi connectivity index (χ1v) is 21.0. The van der Waals surface area contributed by atoms with Gasteiger partial charge in [-0.25, -0.2) is 9.97 Å². The highest BCUT2D eigenvalue weighted by molar-refractivity contribution is 6.23. The molecule has 0 saturated carbocycles. The molecule has 0 unspecified atom stereocenters. The molecule has 0 atom stereocenters. The third-order valence-corrected chi connectivity index (χ3v) is 12.8. The third-order valence-electron chi connectivity index (χ3n) is 12.8. The molecule has 0 bridgehead atoms. The van der Waals surface area contributed by atoms with Crippen molar-refractivity contribution in [3.63, 3.8) is 0 Å². The van der Waals surface area contributed by atoms with Crippen molar-refractivity contribution >= 4 is 54.7 Å². The Bertz CT molecular complexity index is 3780. The van der Waals surface area contributed by atoms with E-state index >= 15 is 0 Å². The Labute approximate surface area is 356 Å². The van der Waals surface area contributed by atoms with Crippen molar-refractivity contribution in [2.75, 3.05) is 0 Å². The van der Waals surface area contributed by atoms with E-state index in [1.807, 2.05) is 78.9 Å². The van der Waals surface area contributed by atoms with Crippen LogP contribution >= 0.6 is 0 Å². The van der Waals surface area contributed by atoms with E-state index in [-0.39, 0.29) is 5.41 Å². The zero-order valence-corrected chi connectivity index (χ0v) is 33.9. The van der Waals surface area contributed by atoms with Gasteiger partial charge in [0.05, 0.1) is 27.6 Å². The van der Waals surface area contributed by atoms with Gasteiger partial charge in [-0.2, -0.15) is 9.97 Å². The van der Waals surface area contributed by atoms with Crippen LogP contribution in [0.1, 0.15) is 25.0 Å². The molecule has 62 heavy (non-hydrogen) atoms. The molecule has 0 spiro atoms. The van der Waals surface area contributed by atoms with Crippen molar-refractivity contribution in [1.82, 2.24) is 29.1 Å². The maximum atomic E-state index is 6.56. The van der Waals surface area contributed by atoms with Crippen molar-refractivity contribution in [3.05, 3.63) is 193 Å². The summed E-state index contributed by atoms with van der Waals surface area (Å²) in [5.41, 5.74) is 14.3. The molecule has 1 aliphatic carbocycles. The zero-order chi connectivity index (χ0) is 41.1. The molecule has 7 nitrogen and oxygen atoms in total. The maximum Gasteiger partial charge on any atom is 0.238 e. The van der Waals surface area contributed by atoms with Gasteiger partial charge in [0.2, 0.25) is 11.8 Å². The Morgan fingerprint density at radius 3 is 1.79 bits per heavy atom. The van der Waals surface area contributed by atoms with Crippen LogP contribution in [0.3, 0.4) is 0 Å². The van der Waals surface area contributed by atoms with Crippen molar-refractivity contribution in [1.29, 1.82) is 0 Å². The van der Waals surface area contributed by atoms with E-state index in [1.165, 1.54) is 27.6 Å². The van der Waals surface area contributed by atoms with Gasteiger partial charge in [0.25, 0.3) is 0 Å². The summed E-state index contributed by atoms with van der Waals surface area (Å²) in [4.78, 5) is 20.8. The highest BCUT2D eigenvalue weighted by Crippen LogP contribution is 2.50. The molecule has 0 N–H and O–H groups in total. The topological polar surface area (TPSA) is 74.6 Å². The lowest BCUT2D eigenvalue weighted by molar-refractivity contribution is 0.620. The summed E-state index contributed by atoms with van der Waals surface area (Å²) in [7, 11) is 0. The van der Waals surface area contributed by atoms with Crippen LogP contribution in [0, 0.1) is 0 Å². The van der Waals surface area contributed by atoms with Crippen LogP contribution in [0.25, 0.3) is 112 Å². The van der Waals surface area contributed by atoms with Crippen LogP contribution in [0.2, 0.25) is 0 Å². The summed E-state index contributed by atoms with van der Waals surface area (Å²) in [5, 5.41) is 4.55. The van der Waals surface area contributed by atoms with Gasteiger partial charge in [-0.05, 0) is 70.8 Å². The monoisotopic (exact) mass is 796 g/mol. The highest BCUT2D eigenvalue weighted by atomic mass is 16.3. The molecule has 0 radical (unpaired) electrons. The summed E-state index contributed by atoms with van der Waals surface area (Å²) >= 11 is 0. The standard InChI is InChI=1S/C55H36N6O/c1-55(2)43-24-12-9-20-36(43)37-29-28-35(32-44(37)55)60-46-26-13-10-21-38(46)40-30-31-41-39-22-11-14-27-47(39)61(49(41)48(40)60)54-58-51(33-16-5-3-6-17-33)57-52(59-54)42-23-15-25-45-50(42)62-53(56-45)34-18-7-4-8-19-34/h3-32H,1-2H3. The number of aromatic nitrogens is 6. The molecule has 1 aliphatic rings. The van der Waals surface area contributed by atoms with Crippen molar-refractivity contribution in [2.45, 2.75) is 19.3 Å². The Balaban J connectivity index is 1.13. The first kappa shape index (κ1) is 34.7. The lowest BCUT2D eigenvalue weighted by Crippen LogP contribution is -2.15. The van der Waals surface area contributed by atoms with Crippen LogP contribution in [-0.4, -0.2) is 29.1 Å². The second kappa shape index (κ2) is 12.9. The van der Waals surface area contributed by atoms with E-state index in [2.05, 4.69) is 126 Å². The number of rotatable bonds is 5. The van der Waals surface area contributed by atoms with Crippen LogP contribution in [-0.2, 0) is 5.41 Å². The quantitative estimate of drug-likeness (QED) is 0.173. The zero-order valence-electron chi connectivity index (χ0n) is 33.9. The third kappa shape index (κ3) is 4.93. The summed E-state index contributed by atoms with van der Waals surface area (Å²) in [6.07, 6.45) is 0. The fourth-order valence-electron chi connectivity index (χ4n) is 9.94. The minimum atomic E-state index is -0.158. The van der Waals surface area contributed by atoms with E-state index in [0.29, 0.717) is 29.1 Å².